The van der Waals surface area contributed by atoms with Crippen molar-refractivity contribution in [3.8, 4) is 0 Å². The average Bonchev–Trinajstić information content (AvgIpc) is 1.84. The molecule has 0 aromatic carbocycles. The van der Waals surface area contributed by atoms with E-state index in [1.807, 2.05) is 5.48 Å². The van der Waals surface area contributed by atoms with E-state index in [4.69, 9.17) is 0 Å². The van der Waals surface area contributed by atoms with Crippen molar-refractivity contribution in [2.75, 3.05) is 0 Å². The van der Waals surface area contributed by atoms with E-state index in [0.29, 0.717) is 0 Å². The average molecular weight is 122 g/mol. The molecule has 0 saturated carbocycles. The van der Waals surface area contributed by atoms with Crippen molar-refractivity contribution in [2.24, 2.45) is 4.40 Å². The zero-order valence-corrected chi connectivity index (χ0v) is 3.97. The van der Waals surface area contributed by atoms with E-state index in [0.717, 1.165) is 6.34 Å². The molecule has 0 saturated heterocycles. The molecule has 0 aromatic rings. The molecule has 5 nitrogen and oxygen atoms in total. The van der Waals surface area contributed by atoms with Crippen molar-refractivity contribution >= 4 is 16.6 Å². The van der Waals surface area contributed by atoms with Gasteiger partial charge in [-0.2, -0.15) is 8.42 Å². The minimum Gasteiger partial charge on any atom is -0.236 e. The molecule has 0 radical (unpaired) electrons. The molecule has 6 heteroatoms. The SMILES string of the molecule is O=S1(=O)N=CNO1. The van der Waals surface area contributed by atoms with Gasteiger partial charge in [-0.25, -0.2) is 5.48 Å². The van der Waals surface area contributed by atoms with Crippen LogP contribution in [-0.4, -0.2) is 14.8 Å². The predicted octanol–water partition coefficient (Wildman–Crippen LogP) is -1.21. The molecule has 0 atom stereocenters. The lowest BCUT2D eigenvalue weighted by Gasteiger charge is -1.81. The Labute approximate surface area is 40.2 Å². The molecule has 1 N–H and O–H groups in total. The van der Waals surface area contributed by atoms with Crippen LogP contribution >= 0.6 is 0 Å². The van der Waals surface area contributed by atoms with E-state index in [-0.39, 0.29) is 0 Å². The number of hydrogen-bond donors (Lipinski definition) is 1. The van der Waals surface area contributed by atoms with E-state index in [9.17, 15) is 8.42 Å². The summed E-state index contributed by atoms with van der Waals surface area (Å²) in [5, 5.41) is 0. The van der Waals surface area contributed by atoms with Crippen LogP contribution < -0.4 is 5.48 Å². The molecule has 40 valence electrons. The summed E-state index contributed by atoms with van der Waals surface area (Å²) in [5.41, 5.74) is 1.93. The molecule has 0 amide bonds. The van der Waals surface area contributed by atoms with E-state index in [2.05, 4.69) is 8.68 Å². The largest absolute Gasteiger partial charge is 0.403 e. The Balaban J connectivity index is 2.99. The van der Waals surface area contributed by atoms with Crippen LogP contribution in [0.5, 0.6) is 0 Å². The van der Waals surface area contributed by atoms with Gasteiger partial charge in [-0.05, 0) is 0 Å². The third-order valence-corrected chi connectivity index (χ3v) is 1.06. The molecule has 0 unspecified atom stereocenters. The summed E-state index contributed by atoms with van der Waals surface area (Å²) in [6.45, 7) is 0. The maximum atomic E-state index is 9.95. The van der Waals surface area contributed by atoms with Crippen LogP contribution in [0.1, 0.15) is 0 Å². The zero-order valence-electron chi connectivity index (χ0n) is 3.16. The highest BCUT2D eigenvalue weighted by atomic mass is 32.2. The van der Waals surface area contributed by atoms with Crippen molar-refractivity contribution in [3.05, 3.63) is 0 Å². The van der Waals surface area contributed by atoms with Crippen LogP contribution in [0.4, 0.5) is 0 Å². The summed E-state index contributed by atoms with van der Waals surface area (Å²) < 4.78 is 26.6. The maximum absolute atomic E-state index is 9.95. The molecule has 0 aliphatic carbocycles. The third-order valence-electron chi connectivity index (χ3n) is 0.388. The molecule has 1 rings (SSSR count). The van der Waals surface area contributed by atoms with Gasteiger partial charge in [-0.1, -0.05) is 0 Å². The van der Waals surface area contributed by atoms with E-state index < -0.39 is 10.3 Å². The smallest absolute Gasteiger partial charge is 0.236 e. The Kier molecular flexibility index (Phi) is 0.760. The summed E-state index contributed by atoms with van der Waals surface area (Å²) in [7, 11) is -3.59. The summed E-state index contributed by atoms with van der Waals surface area (Å²) in [4.78, 5) is 0. The molecule has 1 aliphatic rings. The minimum atomic E-state index is -3.59. The van der Waals surface area contributed by atoms with Crippen LogP contribution in [0.3, 0.4) is 0 Å². The van der Waals surface area contributed by atoms with Gasteiger partial charge in [0.05, 0.1) is 0 Å². The number of hydroxylamine groups is 1. The fourth-order valence-corrected chi connectivity index (χ4v) is 0.570. The first kappa shape index (κ1) is 4.54. The van der Waals surface area contributed by atoms with Gasteiger partial charge in [-0.15, -0.1) is 8.68 Å². The Morgan fingerprint density at radius 1 is 1.71 bits per heavy atom. The molecule has 0 fully saturated rings. The molecule has 0 spiro atoms. The van der Waals surface area contributed by atoms with Gasteiger partial charge in [0, 0.05) is 0 Å². The lowest BCUT2D eigenvalue weighted by Crippen LogP contribution is -2.05. The van der Waals surface area contributed by atoms with Gasteiger partial charge < -0.3 is 0 Å². The lowest BCUT2D eigenvalue weighted by atomic mass is 11.4. The molecule has 0 aromatic heterocycles. The molecular weight excluding hydrogens is 120 g/mol. The molecule has 1 heterocycles. The Bertz CT molecular complexity index is 179. The molecular formula is CH2N2O3S. The topological polar surface area (TPSA) is 67.8 Å². The second-order valence-corrected chi connectivity index (χ2v) is 2.10. The van der Waals surface area contributed by atoms with Crippen LogP contribution in [0.25, 0.3) is 0 Å². The van der Waals surface area contributed by atoms with Crippen molar-refractivity contribution in [1.82, 2.24) is 5.48 Å². The van der Waals surface area contributed by atoms with E-state index >= 15 is 0 Å². The Hall–Kier alpha value is -0.620. The zero-order chi connectivity index (χ0) is 5.33. The summed E-state index contributed by atoms with van der Waals surface area (Å²) in [6.07, 6.45) is 0.954. The molecule has 7 heavy (non-hydrogen) atoms. The highest BCUT2D eigenvalue weighted by molar-refractivity contribution is 7.85. The Morgan fingerprint density at radius 3 is 2.57 bits per heavy atom. The van der Waals surface area contributed by atoms with Crippen molar-refractivity contribution < 1.29 is 12.7 Å². The highest BCUT2D eigenvalue weighted by Crippen LogP contribution is 1.93. The van der Waals surface area contributed by atoms with Crippen LogP contribution in [-0.2, 0) is 14.6 Å². The highest BCUT2D eigenvalue weighted by Gasteiger charge is 2.10. The standard InChI is InChI=1S/CH2N2O3S/c4-7(5)3-1-2-6-7/h1H,(H,2,3). The second-order valence-electron chi connectivity index (χ2n) is 0.863. The first-order valence-electron chi connectivity index (χ1n) is 1.43. The van der Waals surface area contributed by atoms with Crippen LogP contribution in [0, 0.1) is 0 Å². The number of rotatable bonds is 0. The van der Waals surface area contributed by atoms with E-state index in [1.165, 1.54) is 0 Å². The van der Waals surface area contributed by atoms with Crippen molar-refractivity contribution in [2.45, 2.75) is 0 Å². The molecule has 1 aliphatic heterocycles. The Morgan fingerprint density at radius 2 is 2.43 bits per heavy atom. The van der Waals surface area contributed by atoms with Gasteiger partial charge in [0.1, 0.15) is 6.34 Å². The maximum Gasteiger partial charge on any atom is 0.403 e. The first-order valence-corrected chi connectivity index (χ1v) is 2.80. The monoisotopic (exact) mass is 122 g/mol. The predicted molar refractivity (Wildman–Crippen MR) is 21.6 cm³/mol. The number of hydrogen-bond acceptors (Lipinski definition) is 4. The minimum absolute atomic E-state index is 0.954. The van der Waals surface area contributed by atoms with Gasteiger partial charge in [0.2, 0.25) is 0 Å². The second kappa shape index (κ2) is 1.17. The van der Waals surface area contributed by atoms with Crippen molar-refractivity contribution in [3.63, 3.8) is 0 Å². The number of nitrogens with zero attached hydrogens (tertiary/aromatic N) is 1. The normalized spacial score (nSPS) is 24.6. The summed E-state index contributed by atoms with van der Waals surface area (Å²) >= 11 is 0. The number of nitrogens with one attached hydrogen (secondary N) is 1. The van der Waals surface area contributed by atoms with Crippen molar-refractivity contribution in [1.29, 1.82) is 0 Å². The summed E-state index contributed by atoms with van der Waals surface area (Å²) in [5.74, 6) is 0. The third kappa shape index (κ3) is 0.875. The van der Waals surface area contributed by atoms with Crippen LogP contribution in [0.15, 0.2) is 4.40 Å². The van der Waals surface area contributed by atoms with E-state index in [1.54, 1.807) is 0 Å². The lowest BCUT2D eigenvalue weighted by molar-refractivity contribution is 0.285. The van der Waals surface area contributed by atoms with Gasteiger partial charge in [-0.3, -0.25) is 0 Å². The quantitative estimate of drug-likeness (QED) is 0.438. The van der Waals surface area contributed by atoms with Gasteiger partial charge in [0.25, 0.3) is 0 Å². The fraction of sp³-hybridized carbons (Fsp3) is 0. The fourth-order valence-electron chi connectivity index (χ4n) is 0.190. The summed E-state index contributed by atoms with van der Waals surface area (Å²) in [6, 6.07) is 0. The molecule has 0 bridgehead atoms. The first-order chi connectivity index (χ1) is 3.21. The van der Waals surface area contributed by atoms with Crippen LogP contribution in [0.2, 0.25) is 0 Å². The van der Waals surface area contributed by atoms with Gasteiger partial charge in [0.15, 0.2) is 0 Å². The van der Waals surface area contributed by atoms with Gasteiger partial charge >= 0.3 is 10.3 Å².